The minimum atomic E-state index is 0.852. The fraction of sp³-hybridized carbons (Fsp3) is 0.818. The van der Waals surface area contributed by atoms with Crippen molar-refractivity contribution in [1.82, 2.24) is 14.7 Å². The molecule has 0 amide bonds. The van der Waals surface area contributed by atoms with Gasteiger partial charge in [0.15, 0.2) is 0 Å². The fourth-order valence-corrected chi connectivity index (χ4v) is 3.09. The summed E-state index contributed by atoms with van der Waals surface area (Å²) in [7, 11) is 2.23. The molecule has 25 heavy (non-hydrogen) atoms. The molecule has 0 unspecified atom stereocenters. The highest BCUT2D eigenvalue weighted by Crippen LogP contribution is 2.17. The van der Waals surface area contributed by atoms with E-state index in [1.807, 2.05) is 13.8 Å². The van der Waals surface area contributed by atoms with Crippen molar-refractivity contribution < 1.29 is 0 Å². The predicted molar refractivity (Wildman–Crippen MR) is 113 cm³/mol. The normalized spacial score (nSPS) is 20.1. The van der Waals surface area contributed by atoms with Gasteiger partial charge in [-0.25, -0.2) is 0 Å². The van der Waals surface area contributed by atoms with Crippen LogP contribution >= 0.6 is 0 Å². The summed E-state index contributed by atoms with van der Waals surface area (Å²) >= 11 is 0. The molecule has 0 N–H and O–H groups in total. The van der Waals surface area contributed by atoms with Gasteiger partial charge in [0.05, 0.1) is 0 Å². The van der Waals surface area contributed by atoms with Crippen LogP contribution in [-0.2, 0) is 0 Å². The molecule has 146 valence electrons. The molecule has 0 saturated carbocycles. The molecule has 0 aromatic rings. The number of likely N-dealkylation sites (N-methyl/N-ethyl adjacent to an activating group) is 1. The van der Waals surface area contributed by atoms with E-state index in [0.29, 0.717) is 0 Å². The van der Waals surface area contributed by atoms with Crippen molar-refractivity contribution in [2.45, 2.75) is 66.3 Å². The van der Waals surface area contributed by atoms with Crippen LogP contribution in [0, 0.1) is 11.8 Å². The third-order valence-corrected chi connectivity index (χ3v) is 4.56. The lowest BCUT2D eigenvalue weighted by molar-refractivity contribution is 0.0708. The van der Waals surface area contributed by atoms with Crippen LogP contribution in [0.25, 0.3) is 0 Å². The van der Waals surface area contributed by atoms with Gasteiger partial charge in [0, 0.05) is 45.2 Å². The maximum Gasteiger partial charge on any atom is 0.0163 e. The van der Waals surface area contributed by atoms with E-state index >= 15 is 0 Å². The van der Waals surface area contributed by atoms with Crippen molar-refractivity contribution >= 4 is 0 Å². The Labute approximate surface area is 158 Å². The molecule has 2 aliphatic rings. The van der Waals surface area contributed by atoms with E-state index in [9.17, 15) is 0 Å². The Balaban J connectivity index is 0.000000610. The Bertz CT molecular complexity index is 364. The van der Waals surface area contributed by atoms with E-state index in [-0.39, 0.29) is 0 Å². The highest BCUT2D eigenvalue weighted by Gasteiger charge is 2.25. The van der Waals surface area contributed by atoms with Gasteiger partial charge in [0.25, 0.3) is 0 Å². The molecule has 2 fully saturated rings. The van der Waals surface area contributed by atoms with E-state index in [1.54, 1.807) is 0 Å². The van der Waals surface area contributed by atoms with Gasteiger partial charge in [-0.05, 0) is 46.8 Å². The minimum Gasteiger partial charge on any atom is -0.304 e. The summed E-state index contributed by atoms with van der Waals surface area (Å²) < 4.78 is 0. The van der Waals surface area contributed by atoms with Crippen LogP contribution in [0.2, 0.25) is 0 Å². The van der Waals surface area contributed by atoms with Crippen LogP contribution < -0.4 is 0 Å². The van der Waals surface area contributed by atoms with Gasteiger partial charge in [-0.2, -0.15) is 0 Å². The van der Waals surface area contributed by atoms with Crippen molar-refractivity contribution in [1.29, 1.82) is 0 Å². The van der Waals surface area contributed by atoms with Gasteiger partial charge in [0.1, 0.15) is 0 Å². The number of allylic oxidation sites excluding steroid dienone is 1. The zero-order chi connectivity index (χ0) is 18.9. The molecule has 2 heterocycles. The van der Waals surface area contributed by atoms with Crippen LogP contribution in [0.4, 0.5) is 0 Å². The Morgan fingerprint density at radius 3 is 1.92 bits per heavy atom. The molecular weight excluding hydrogens is 306 g/mol. The van der Waals surface area contributed by atoms with Gasteiger partial charge >= 0.3 is 0 Å². The first kappa shape index (κ1) is 24.2. The molecule has 0 aliphatic carbocycles. The maximum absolute atomic E-state index is 2.86. The quantitative estimate of drug-likeness (QED) is 0.561. The smallest absolute Gasteiger partial charge is 0.0163 e. The molecule has 0 aromatic heterocycles. The van der Waals surface area contributed by atoms with Gasteiger partial charge in [0.2, 0.25) is 0 Å². The average molecular weight is 350 g/mol. The second kappa shape index (κ2) is 16.6. The molecule has 2 saturated heterocycles. The molecule has 0 radical (unpaired) electrons. The number of piperidine rings is 1. The van der Waals surface area contributed by atoms with Crippen molar-refractivity contribution in [3.8, 4) is 11.8 Å². The molecule has 2 aliphatic heterocycles. The Hall–Kier alpha value is -0.820. The molecule has 0 bridgehead atoms. The Morgan fingerprint density at radius 1 is 0.960 bits per heavy atom. The molecule has 3 heteroatoms. The second-order valence-corrected chi connectivity index (χ2v) is 6.93. The summed E-state index contributed by atoms with van der Waals surface area (Å²) in [4.78, 5) is 7.73. The minimum absolute atomic E-state index is 0.852. The summed E-state index contributed by atoms with van der Waals surface area (Å²) in [5, 5.41) is 0. The van der Waals surface area contributed by atoms with Crippen LogP contribution in [-0.4, -0.2) is 73.6 Å². The number of nitrogens with zero attached hydrogens (tertiary/aromatic N) is 3. The van der Waals surface area contributed by atoms with Gasteiger partial charge in [-0.3, -0.25) is 9.80 Å². The lowest BCUT2D eigenvalue weighted by Gasteiger charge is -2.41. The van der Waals surface area contributed by atoms with Crippen molar-refractivity contribution in [3.05, 3.63) is 12.2 Å². The predicted octanol–water partition coefficient (Wildman–Crippen LogP) is 4.11. The number of hydrogen-bond donors (Lipinski definition) is 0. The molecule has 2 rings (SSSR count). The standard InChI is InChI=1S/C14H27N3.C5H8.C3H8/c1-3-4-7-16-8-5-14(6-9-16)17-12-10-15(2)11-13-17;1-3-5-4-2;1-3-2/h3-4,14H,5-13H2,1-2H3;3H2,1-2H3;3H2,1-2H3/b4-3-;;. The molecular formula is C22H43N3. The number of piperazine rings is 1. The monoisotopic (exact) mass is 349 g/mol. The Morgan fingerprint density at radius 2 is 1.52 bits per heavy atom. The van der Waals surface area contributed by atoms with Crippen LogP contribution in [0.1, 0.15) is 60.3 Å². The summed E-state index contributed by atoms with van der Waals surface area (Å²) in [6, 6.07) is 0.852. The lowest BCUT2D eigenvalue weighted by Crippen LogP contribution is -2.52. The van der Waals surface area contributed by atoms with Crippen molar-refractivity contribution in [3.63, 3.8) is 0 Å². The summed E-state index contributed by atoms with van der Waals surface area (Å²) in [6.07, 6.45) is 9.39. The third kappa shape index (κ3) is 12.2. The molecule has 0 aromatic carbocycles. The first-order chi connectivity index (χ1) is 12.1. The number of rotatable bonds is 3. The van der Waals surface area contributed by atoms with E-state index in [2.05, 4.69) is 66.5 Å². The van der Waals surface area contributed by atoms with E-state index in [0.717, 1.165) is 19.0 Å². The van der Waals surface area contributed by atoms with Crippen LogP contribution in [0.3, 0.4) is 0 Å². The summed E-state index contributed by atoms with van der Waals surface area (Å²) in [5.41, 5.74) is 0. The van der Waals surface area contributed by atoms with Gasteiger partial charge in [-0.1, -0.05) is 39.3 Å². The Kier molecular flexibility index (Phi) is 16.1. The maximum atomic E-state index is 2.86. The average Bonchev–Trinajstić information content (AvgIpc) is 2.63. The highest BCUT2D eigenvalue weighted by atomic mass is 15.3. The molecule has 0 spiro atoms. The van der Waals surface area contributed by atoms with Gasteiger partial charge < -0.3 is 4.90 Å². The largest absolute Gasteiger partial charge is 0.304 e. The third-order valence-electron chi connectivity index (χ3n) is 4.56. The van der Waals surface area contributed by atoms with Crippen LogP contribution in [0.15, 0.2) is 12.2 Å². The van der Waals surface area contributed by atoms with E-state index < -0.39 is 0 Å². The summed E-state index contributed by atoms with van der Waals surface area (Å²) in [5.74, 6) is 5.63. The summed E-state index contributed by atoms with van der Waals surface area (Å²) in [6.45, 7) is 19.0. The van der Waals surface area contributed by atoms with Crippen LogP contribution in [0.5, 0.6) is 0 Å². The van der Waals surface area contributed by atoms with Gasteiger partial charge in [-0.15, -0.1) is 11.8 Å². The lowest BCUT2D eigenvalue weighted by atomic mass is 10.0. The molecule has 0 atom stereocenters. The highest BCUT2D eigenvalue weighted by molar-refractivity contribution is 4.93. The topological polar surface area (TPSA) is 9.72 Å². The van der Waals surface area contributed by atoms with Crippen molar-refractivity contribution in [2.75, 3.05) is 52.9 Å². The first-order valence-corrected chi connectivity index (χ1v) is 10.3. The zero-order valence-corrected chi connectivity index (χ0v) is 17.9. The van der Waals surface area contributed by atoms with E-state index in [1.165, 1.54) is 58.5 Å². The number of likely N-dealkylation sites (tertiary alicyclic amines) is 1. The zero-order valence-electron chi connectivity index (χ0n) is 17.9. The van der Waals surface area contributed by atoms with Crippen molar-refractivity contribution in [2.24, 2.45) is 0 Å². The molecule has 3 nitrogen and oxygen atoms in total. The number of hydrogen-bond acceptors (Lipinski definition) is 3. The second-order valence-electron chi connectivity index (χ2n) is 6.93. The fourth-order valence-electron chi connectivity index (χ4n) is 3.09. The van der Waals surface area contributed by atoms with E-state index in [4.69, 9.17) is 0 Å². The first-order valence-electron chi connectivity index (χ1n) is 10.3. The SMILES string of the molecule is C/C=C\CN1CCC(N2CCN(C)CC2)CC1.CC#CCC.CCC.